The molecule has 0 rings (SSSR count). The lowest BCUT2D eigenvalue weighted by molar-refractivity contribution is 0.155. The van der Waals surface area contributed by atoms with Crippen molar-refractivity contribution in [3.05, 3.63) is 0 Å². The molecular formula is C11H26O. The topological polar surface area (TPSA) is 20.2 Å². The Bertz CT molecular complexity index is 69.4. The van der Waals surface area contributed by atoms with Gasteiger partial charge in [0, 0.05) is 0 Å². The van der Waals surface area contributed by atoms with E-state index < -0.39 is 0 Å². The lowest BCUT2D eigenvalue weighted by Crippen LogP contribution is -2.04. The maximum atomic E-state index is 9.17. The van der Waals surface area contributed by atoms with E-state index in [1.807, 2.05) is 20.8 Å². The highest BCUT2D eigenvalue weighted by Crippen LogP contribution is 2.09. The number of aliphatic hydroxyl groups excluding tert-OH is 1. The van der Waals surface area contributed by atoms with Crippen molar-refractivity contribution in [1.29, 1.82) is 0 Å². The molecule has 1 heteroatoms. The third kappa shape index (κ3) is 12.6. The fraction of sp³-hybridized carbons (Fsp3) is 1.00. The highest BCUT2D eigenvalue weighted by Gasteiger charge is 2.00. The first-order valence-corrected chi connectivity index (χ1v) is 5.34. The van der Waals surface area contributed by atoms with E-state index in [1.54, 1.807) is 0 Å². The Kier molecular flexibility index (Phi) is 13.2. The summed E-state index contributed by atoms with van der Waals surface area (Å²) in [4.78, 5) is 0. The van der Waals surface area contributed by atoms with Crippen molar-refractivity contribution in [3.8, 4) is 0 Å². The Morgan fingerprint density at radius 3 is 1.92 bits per heavy atom. The second-order valence-corrected chi connectivity index (χ2v) is 3.39. The summed E-state index contributed by atoms with van der Waals surface area (Å²) in [5.74, 6) is 0.782. The third-order valence-corrected chi connectivity index (χ3v) is 1.79. The molecule has 76 valence electrons. The summed E-state index contributed by atoms with van der Waals surface area (Å²) in [6, 6.07) is 0. The largest absolute Gasteiger partial charge is 0.393 e. The van der Waals surface area contributed by atoms with Crippen LogP contribution in [0, 0.1) is 5.92 Å². The molecule has 0 amide bonds. The van der Waals surface area contributed by atoms with Crippen LogP contribution >= 0.6 is 0 Å². The van der Waals surface area contributed by atoms with Crippen LogP contribution in [0.2, 0.25) is 0 Å². The zero-order valence-corrected chi connectivity index (χ0v) is 9.43. The van der Waals surface area contributed by atoms with Gasteiger partial charge < -0.3 is 5.11 Å². The van der Waals surface area contributed by atoms with Gasteiger partial charge in [-0.15, -0.1) is 0 Å². The van der Waals surface area contributed by atoms with E-state index in [-0.39, 0.29) is 6.10 Å². The molecule has 0 fully saturated rings. The molecule has 0 saturated heterocycles. The molecule has 1 atom stereocenters. The predicted molar refractivity (Wildman–Crippen MR) is 56.3 cm³/mol. The maximum absolute atomic E-state index is 9.17. The molecule has 0 bridgehead atoms. The maximum Gasteiger partial charge on any atom is 0.0537 e. The molecule has 0 radical (unpaired) electrons. The van der Waals surface area contributed by atoms with E-state index >= 15 is 0 Å². The average molecular weight is 174 g/mol. The first-order chi connectivity index (χ1) is 5.66. The van der Waals surface area contributed by atoms with Crippen molar-refractivity contribution < 1.29 is 5.11 Å². The molecule has 0 aliphatic rings. The standard InChI is InChI=1S/C9H20O.C2H6/c1-4-9(10)7-5-6-8(2)3;1-2/h8-10H,4-7H2,1-3H3;1-2H3. The first-order valence-electron chi connectivity index (χ1n) is 5.34. The molecule has 1 unspecified atom stereocenters. The minimum atomic E-state index is -0.0567. The van der Waals surface area contributed by atoms with Gasteiger partial charge >= 0.3 is 0 Å². The zero-order valence-electron chi connectivity index (χ0n) is 9.43. The SMILES string of the molecule is CC.CCC(O)CCCC(C)C. The molecular weight excluding hydrogens is 148 g/mol. The summed E-state index contributed by atoms with van der Waals surface area (Å²) in [5.41, 5.74) is 0. The van der Waals surface area contributed by atoms with Crippen LogP contribution < -0.4 is 0 Å². The minimum absolute atomic E-state index is 0.0567. The van der Waals surface area contributed by atoms with Gasteiger partial charge in [0.2, 0.25) is 0 Å². The molecule has 0 heterocycles. The lowest BCUT2D eigenvalue weighted by Gasteiger charge is -2.07. The van der Waals surface area contributed by atoms with Crippen LogP contribution in [-0.2, 0) is 0 Å². The predicted octanol–water partition coefficient (Wildman–Crippen LogP) is 3.61. The molecule has 1 N–H and O–H groups in total. The van der Waals surface area contributed by atoms with Crippen LogP contribution in [0.4, 0.5) is 0 Å². The Balaban J connectivity index is 0. The molecule has 0 aromatic rings. The number of hydrogen-bond donors (Lipinski definition) is 1. The van der Waals surface area contributed by atoms with Gasteiger partial charge in [-0.05, 0) is 18.8 Å². The molecule has 0 aromatic heterocycles. The van der Waals surface area contributed by atoms with Crippen molar-refractivity contribution >= 4 is 0 Å². The summed E-state index contributed by atoms with van der Waals surface area (Å²) in [6.45, 7) is 10.5. The van der Waals surface area contributed by atoms with Crippen molar-refractivity contribution in [2.75, 3.05) is 0 Å². The number of rotatable bonds is 5. The van der Waals surface area contributed by atoms with Crippen LogP contribution in [0.15, 0.2) is 0 Å². The quantitative estimate of drug-likeness (QED) is 0.675. The molecule has 1 nitrogen and oxygen atoms in total. The highest BCUT2D eigenvalue weighted by atomic mass is 16.3. The van der Waals surface area contributed by atoms with E-state index in [1.165, 1.54) is 12.8 Å². The normalized spacial score (nSPS) is 12.2. The molecule has 0 aromatic carbocycles. The van der Waals surface area contributed by atoms with Gasteiger partial charge in [0.05, 0.1) is 6.10 Å². The van der Waals surface area contributed by atoms with Crippen LogP contribution in [0.25, 0.3) is 0 Å². The van der Waals surface area contributed by atoms with Crippen molar-refractivity contribution in [3.63, 3.8) is 0 Å². The number of hydrogen-bond acceptors (Lipinski definition) is 1. The van der Waals surface area contributed by atoms with Crippen molar-refractivity contribution in [2.24, 2.45) is 5.92 Å². The van der Waals surface area contributed by atoms with Gasteiger partial charge in [-0.1, -0.05) is 47.5 Å². The fourth-order valence-corrected chi connectivity index (χ4v) is 0.966. The second-order valence-electron chi connectivity index (χ2n) is 3.39. The molecule has 0 saturated carbocycles. The van der Waals surface area contributed by atoms with Crippen LogP contribution in [0.5, 0.6) is 0 Å². The zero-order chi connectivity index (χ0) is 9.98. The van der Waals surface area contributed by atoms with Gasteiger partial charge in [-0.2, -0.15) is 0 Å². The second kappa shape index (κ2) is 11.0. The molecule has 12 heavy (non-hydrogen) atoms. The van der Waals surface area contributed by atoms with Crippen LogP contribution in [0.3, 0.4) is 0 Å². The summed E-state index contributed by atoms with van der Waals surface area (Å²) >= 11 is 0. The summed E-state index contributed by atoms with van der Waals surface area (Å²) in [6.07, 6.45) is 4.25. The smallest absolute Gasteiger partial charge is 0.0537 e. The van der Waals surface area contributed by atoms with E-state index in [4.69, 9.17) is 0 Å². The van der Waals surface area contributed by atoms with E-state index in [9.17, 15) is 5.11 Å². The van der Waals surface area contributed by atoms with Gasteiger partial charge in [0.25, 0.3) is 0 Å². The first kappa shape index (κ1) is 14.5. The van der Waals surface area contributed by atoms with Gasteiger partial charge in [0.15, 0.2) is 0 Å². The number of aliphatic hydroxyl groups is 1. The Hall–Kier alpha value is -0.0400. The van der Waals surface area contributed by atoms with Gasteiger partial charge in [-0.25, -0.2) is 0 Å². The fourth-order valence-electron chi connectivity index (χ4n) is 0.966. The van der Waals surface area contributed by atoms with Crippen LogP contribution in [-0.4, -0.2) is 11.2 Å². The van der Waals surface area contributed by atoms with E-state index in [2.05, 4.69) is 13.8 Å². The van der Waals surface area contributed by atoms with Crippen LogP contribution in [0.1, 0.15) is 60.3 Å². The minimum Gasteiger partial charge on any atom is -0.393 e. The van der Waals surface area contributed by atoms with E-state index in [0.717, 1.165) is 18.8 Å². The van der Waals surface area contributed by atoms with Crippen molar-refractivity contribution in [2.45, 2.75) is 66.4 Å². The van der Waals surface area contributed by atoms with Gasteiger partial charge in [-0.3, -0.25) is 0 Å². The lowest BCUT2D eigenvalue weighted by atomic mass is 10.0. The Morgan fingerprint density at radius 2 is 1.58 bits per heavy atom. The van der Waals surface area contributed by atoms with Gasteiger partial charge in [0.1, 0.15) is 0 Å². The molecule has 0 aliphatic carbocycles. The molecule has 0 spiro atoms. The molecule has 0 aliphatic heterocycles. The summed E-state index contributed by atoms with van der Waals surface area (Å²) < 4.78 is 0. The Morgan fingerprint density at radius 1 is 1.08 bits per heavy atom. The third-order valence-electron chi connectivity index (χ3n) is 1.79. The van der Waals surface area contributed by atoms with E-state index in [0.29, 0.717) is 0 Å². The summed E-state index contributed by atoms with van der Waals surface area (Å²) in [7, 11) is 0. The highest BCUT2D eigenvalue weighted by molar-refractivity contribution is 4.53. The van der Waals surface area contributed by atoms with Crippen molar-refractivity contribution in [1.82, 2.24) is 0 Å². The monoisotopic (exact) mass is 174 g/mol. The Labute approximate surface area is 78.2 Å². The average Bonchev–Trinajstić information content (AvgIpc) is 2.07. The summed E-state index contributed by atoms with van der Waals surface area (Å²) in [5, 5.41) is 9.17.